The van der Waals surface area contributed by atoms with Gasteiger partial charge in [-0.2, -0.15) is 5.10 Å². The molecule has 0 saturated carbocycles. The first-order valence-corrected chi connectivity index (χ1v) is 12.3. The maximum absolute atomic E-state index is 12.8. The summed E-state index contributed by atoms with van der Waals surface area (Å²) in [6, 6.07) is 5.52. The van der Waals surface area contributed by atoms with Gasteiger partial charge in [0, 0.05) is 28.5 Å². The molecule has 0 atom stereocenters. The summed E-state index contributed by atoms with van der Waals surface area (Å²) in [7, 11) is 0. The maximum atomic E-state index is 12.8. The molecule has 3 heterocycles. The molecule has 1 aromatic carbocycles. The van der Waals surface area contributed by atoms with Gasteiger partial charge in [-0.3, -0.25) is 25.2 Å². The fourth-order valence-corrected chi connectivity index (χ4v) is 4.95. The predicted octanol–water partition coefficient (Wildman–Crippen LogP) is 4.33. The van der Waals surface area contributed by atoms with E-state index < -0.39 is 11.8 Å². The van der Waals surface area contributed by atoms with Gasteiger partial charge in [0.05, 0.1) is 30.2 Å². The van der Waals surface area contributed by atoms with Gasteiger partial charge in [-0.1, -0.05) is 6.07 Å². The van der Waals surface area contributed by atoms with E-state index in [1.54, 1.807) is 20.1 Å². The number of hydrazine groups is 1. The zero-order chi connectivity index (χ0) is 27.0. The van der Waals surface area contributed by atoms with Gasteiger partial charge in [-0.05, 0) is 63.8 Å². The Kier molecular flexibility index (Phi) is 6.62. The summed E-state index contributed by atoms with van der Waals surface area (Å²) in [5.41, 5.74) is 13.4. The standard InChI is InChI=1S/C28H28N4O6/c1-14-10-15(2)24-18(13-37-22(24)11-14)12-23(33)30-29-20-6-5-7-21-25(20)16(3)26(38-21)28(35)32-31-27(34)19-8-9-36-17(19)4/h8-11,13H,5-7,12H2,1-4H3,(H,30,33)(H,31,34)(H,32,35)/b29-20+. The van der Waals surface area contributed by atoms with Crippen LogP contribution >= 0.6 is 0 Å². The smallest absolute Gasteiger partial charge is 0.305 e. The molecule has 0 unspecified atom stereocenters. The van der Waals surface area contributed by atoms with Crippen LogP contribution in [0, 0.1) is 27.7 Å². The maximum Gasteiger partial charge on any atom is 0.305 e. The summed E-state index contributed by atoms with van der Waals surface area (Å²) in [5, 5.41) is 5.33. The lowest BCUT2D eigenvalue weighted by molar-refractivity contribution is -0.120. The van der Waals surface area contributed by atoms with Crippen molar-refractivity contribution in [3.63, 3.8) is 0 Å². The van der Waals surface area contributed by atoms with Crippen molar-refractivity contribution in [1.82, 2.24) is 16.3 Å². The molecule has 0 aliphatic heterocycles. The molecule has 3 amide bonds. The molecule has 3 N–H and O–H groups in total. The van der Waals surface area contributed by atoms with Crippen molar-refractivity contribution >= 4 is 34.4 Å². The number of aryl methyl sites for hydroxylation is 4. The van der Waals surface area contributed by atoms with E-state index in [0.717, 1.165) is 34.1 Å². The van der Waals surface area contributed by atoms with Crippen LogP contribution in [0.4, 0.5) is 0 Å². The van der Waals surface area contributed by atoms with Crippen LogP contribution in [0.2, 0.25) is 0 Å². The lowest BCUT2D eigenvalue weighted by atomic mass is 9.93. The van der Waals surface area contributed by atoms with E-state index in [4.69, 9.17) is 13.3 Å². The number of fused-ring (bicyclic) bond motifs is 2. The highest BCUT2D eigenvalue weighted by Crippen LogP contribution is 2.30. The van der Waals surface area contributed by atoms with Crippen LogP contribution in [0.15, 0.2) is 49.1 Å². The summed E-state index contributed by atoms with van der Waals surface area (Å²) >= 11 is 0. The second kappa shape index (κ2) is 10.0. The number of furan rings is 3. The predicted molar refractivity (Wildman–Crippen MR) is 139 cm³/mol. The molecule has 0 bridgehead atoms. The Bertz CT molecular complexity index is 1600. The molecular formula is C28H28N4O6. The Morgan fingerprint density at radius 1 is 1.00 bits per heavy atom. The monoisotopic (exact) mass is 516 g/mol. The number of carbonyl (C=O) groups is 3. The van der Waals surface area contributed by atoms with Crippen molar-refractivity contribution in [3.8, 4) is 0 Å². The normalized spacial score (nSPS) is 13.9. The van der Waals surface area contributed by atoms with Gasteiger partial charge in [-0.25, -0.2) is 5.43 Å². The molecule has 0 spiro atoms. The molecule has 10 nitrogen and oxygen atoms in total. The highest BCUT2D eigenvalue weighted by atomic mass is 16.4. The van der Waals surface area contributed by atoms with Crippen LogP contribution in [0.3, 0.4) is 0 Å². The van der Waals surface area contributed by atoms with E-state index in [1.807, 2.05) is 19.9 Å². The molecule has 5 rings (SSSR count). The van der Waals surface area contributed by atoms with Crippen LogP contribution in [-0.4, -0.2) is 23.4 Å². The number of nitrogens with one attached hydrogen (secondary N) is 3. The van der Waals surface area contributed by atoms with Gasteiger partial charge < -0.3 is 13.3 Å². The van der Waals surface area contributed by atoms with Gasteiger partial charge in [0.15, 0.2) is 5.76 Å². The quantitative estimate of drug-likeness (QED) is 0.338. The molecule has 1 aliphatic rings. The molecule has 0 saturated heterocycles. The van der Waals surface area contributed by atoms with Crippen molar-refractivity contribution in [1.29, 1.82) is 0 Å². The topological polar surface area (TPSA) is 139 Å². The number of carbonyl (C=O) groups excluding carboxylic acids is 3. The average Bonchev–Trinajstić information content (AvgIpc) is 3.58. The van der Waals surface area contributed by atoms with Crippen molar-refractivity contribution in [2.75, 3.05) is 0 Å². The Labute approximate surface area is 218 Å². The van der Waals surface area contributed by atoms with E-state index >= 15 is 0 Å². The van der Waals surface area contributed by atoms with Crippen LogP contribution in [-0.2, 0) is 17.6 Å². The minimum absolute atomic E-state index is 0.0794. The fourth-order valence-electron chi connectivity index (χ4n) is 4.95. The third-order valence-corrected chi connectivity index (χ3v) is 6.68. The summed E-state index contributed by atoms with van der Waals surface area (Å²) < 4.78 is 16.6. The number of amides is 3. The first kappa shape index (κ1) is 25.1. The minimum atomic E-state index is -0.591. The molecule has 0 radical (unpaired) electrons. The molecule has 10 heteroatoms. The summed E-state index contributed by atoms with van der Waals surface area (Å²) in [5.74, 6) is -0.225. The van der Waals surface area contributed by atoms with Gasteiger partial charge in [0.2, 0.25) is 5.91 Å². The second-order valence-electron chi connectivity index (χ2n) is 9.49. The molecule has 0 fully saturated rings. The summed E-state index contributed by atoms with van der Waals surface area (Å²) in [4.78, 5) is 37.8. The van der Waals surface area contributed by atoms with Gasteiger partial charge >= 0.3 is 5.91 Å². The second-order valence-corrected chi connectivity index (χ2v) is 9.49. The third-order valence-electron chi connectivity index (χ3n) is 6.68. The van der Waals surface area contributed by atoms with Gasteiger partial charge in [0.25, 0.3) is 5.91 Å². The molecule has 4 aromatic rings. The molecular weight excluding hydrogens is 488 g/mol. The van der Waals surface area contributed by atoms with Crippen LogP contribution in [0.1, 0.15) is 73.1 Å². The Hall–Kier alpha value is -4.60. The first-order chi connectivity index (χ1) is 18.2. The van der Waals surface area contributed by atoms with E-state index in [9.17, 15) is 14.4 Å². The minimum Gasteiger partial charge on any atom is -0.469 e. The lowest BCUT2D eigenvalue weighted by Gasteiger charge is -2.13. The van der Waals surface area contributed by atoms with Crippen molar-refractivity contribution in [2.24, 2.45) is 5.10 Å². The van der Waals surface area contributed by atoms with Crippen molar-refractivity contribution in [3.05, 3.63) is 81.4 Å². The number of benzene rings is 1. The SMILES string of the molecule is Cc1cc(C)c2c(CC(=O)N/N=C3\CCCc4oc(C(=O)NNC(=O)c5ccoc5C)c(C)c43)coc2c1. The van der Waals surface area contributed by atoms with Gasteiger partial charge in [-0.15, -0.1) is 0 Å². The van der Waals surface area contributed by atoms with Crippen LogP contribution in [0.25, 0.3) is 11.0 Å². The molecule has 196 valence electrons. The largest absolute Gasteiger partial charge is 0.469 e. The molecule has 1 aliphatic carbocycles. The number of hydrogen-bond acceptors (Lipinski definition) is 7. The Balaban J connectivity index is 1.29. The zero-order valence-corrected chi connectivity index (χ0v) is 21.6. The number of rotatable bonds is 5. The van der Waals surface area contributed by atoms with Crippen molar-refractivity contribution < 1.29 is 27.6 Å². The van der Waals surface area contributed by atoms with Crippen LogP contribution in [0.5, 0.6) is 0 Å². The average molecular weight is 517 g/mol. The third kappa shape index (κ3) is 4.72. The summed E-state index contributed by atoms with van der Waals surface area (Å²) in [6.07, 6.45) is 5.15. The Morgan fingerprint density at radius 2 is 1.79 bits per heavy atom. The number of hydrogen-bond donors (Lipinski definition) is 3. The zero-order valence-electron chi connectivity index (χ0n) is 21.6. The van der Waals surface area contributed by atoms with E-state index in [1.165, 1.54) is 12.3 Å². The number of nitrogens with zero attached hydrogens (tertiary/aromatic N) is 1. The van der Waals surface area contributed by atoms with Gasteiger partial charge in [0.1, 0.15) is 17.1 Å². The fraction of sp³-hybridized carbons (Fsp3) is 0.286. The lowest BCUT2D eigenvalue weighted by Crippen LogP contribution is -2.41. The highest BCUT2D eigenvalue weighted by Gasteiger charge is 2.28. The highest BCUT2D eigenvalue weighted by molar-refractivity contribution is 6.07. The first-order valence-electron chi connectivity index (χ1n) is 12.3. The van der Waals surface area contributed by atoms with E-state index in [0.29, 0.717) is 46.8 Å². The van der Waals surface area contributed by atoms with E-state index in [2.05, 4.69) is 27.4 Å². The Morgan fingerprint density at radius 3 is 2.55 bits per heavy atom. The number of hydrazone groups is 1. The van der Waals surface area contributed by atoms with Crippen LogP contribution < -0.4 is 16.3 Å². The van der Waals surface area contributed by atoms with E-state index in [-0.39, 0.29) is 18.1 Å². The molecule has 38 heavy (non-hydrogen) atoms. The molecule has 3 aromatic heterocycles. The summed E-state index contributed by atoms with van der Waals surface area (Å²) in [6.45, 7) is 7.40. The van der Waals surface area contributed by atoms with Crippen molar-refractivity contribution in [2.45, 2.75) is 53.4 Å².